The Labute approximate surface area is 151 Å². The van der Waals surface area contributed by atoms with E-state index in [2.05, 4.69) is 15.9 Å². The topological polar surface area (TPSA) is 87.9 Å². The number of esters is 1. The summed E-state index contributed by atoms with van der Waals surface area (Å²) in [6, 6.07) is 9.45. The van der Waals surface area contributed by atoms with Gasteiger partial charge >= 0.3 is 5.97 Å². The molecule has 7 nitrogen and oxygen atoms in total. The number of nitro groups is 1. The Morgan fingerprint density at radius 3 is 2.64 bits per heavy atom. The van der Waals surface area contributed by atoms with Crippen molar-refractivity contribution in [2.45, 2.75) is 0 Å². The van der Waals surface area contributed by atoms with Gasteiger partial charge in [-0.1, -0.05) is 28.1 Å². The van der Waals surface area contributed by atoms with Crippen LogP contribution in [0.1, 0.15) is 11.1 Å². The lowest BCUT2D eigenvalue weighted by Crippen LogP contribution is -2.05. The molecule has 0 N–H and O–H groups in total. The number of nitro benzene ring substituents is 1. The molecule has 0 fully saturated rings. The number of ether oxygens (including phenoxy) is 3. The van der Waals surface area contributed by atoms with Gasteiger partial charge in [0.25, 0.3) is 5.69 Å². The third-order valence-corrected chi connectivity index (χ3v) is 4.25. The second-order valence-corrected chi connectivity index (χ2v) is 5.91. The van der Waals surface area contributed by atoms with Gasteiger partial charge in [0.15, 0.2) is 11.5 Å². The van der Waals surface area contributed by atoms with Crippen molar-refractivity contribution in [3.63, 3.8) is 0 Å². The molecule has 0 aromatic heterocycles. The molecule has 25 heavy (non-hydrogen) atoms. The average molecular weight is 406 g/mol. The number of para-hydroxylation sites is 1. The fourth-order valence-corrected chi connectivity index (χ4v) is 2.95. The lowest BCUT2D eigenvalue weighted by molar-refractivity contribution is -0.385. The normalized spacial score (nSPS) is 12.8. The zero-order valence-electron chi connectivity index (χ0n) is 13.0. The first-order valence-corrected chi connectivity index (χ1v) is 7.93. The molecule has 2 aromatic rings. The Kier molecular flexibility index (Phi) is 4.71. The molecule has 0 bridgehead atoms. The van der Waals surface area contributed by atoms with Gasteiger partial charge in [0.2, 0.25) is 6.79 Å². The van der Waals surface area contributed by atoms with Crippen LogP contribution in [0.25, 0.3) is 11.6 Å². The zero-order chi connectivity index (χ0) is 18.0. The van der Waals surface area contributed by atoms with Crippen LogP contribution < -0.4 is 9.47 Å². The van der Waals surface area contributed by atoms with E-state index < -0.39 is 10.9 Å². The lowest BCUT2D eigenvalue weighted by Gasteiger charge is -2.10. The van der Waals surface area contributed by atoms with Gasteiger partial charge in [0.05, 0.1) is 23.2 Å². The first-order valence-electron chi connectivity index (χ1n) is 7.14. The van der Waals surface area contributed by atoms with Gasteiger partial charge in [0.1, 0.15) is 0 Å². The molecule has 0 amide bonds. The minimum atomic E-state index is -0.627. The molecule has 0 saturated carbocycles. The van der Waals surface area contributed by atoms with Crippen molar-refractivity contribution in [3.05, 3.63) is 62.1 Å². The van der Waals surface area contributed by atoms with Crippen LogP contribution in [0.15, 0.2) is 40.9 Å². The Balaban J connectivity index is 2.17. The van der Waals surface area contributed by atoms with Crippen molar-refractivity contribution in [1.82, 2.24) is 0 Å². The first-order chi connectivity index (χ1) is 12.0. The molecule has 0 saturated heterocycles. The van der Waals surface area contributed by atoms with Crippen molar-refractivity contribution in [1.29, 1.82) is 0 Å². The summed E-state index contributed by atoms with van der Waals surface area (Å²) in [7, 11) is 1.25. The lowest BCUT2D eigenvalue weighted by atomic mass is 10.0. The molecule has 0 atom stereocenters. The molecule has 8 heteroatoms. The summed E-state index contributed by atoms with van der Waals surface area (Å²) in [5.41, 5.74) is 0.814. The minimum Gasteiger partial charge on any atom is -0.465 e. The van der Waals surface area contributed by atoms with Crippen LogP contribution in [0.2, 0.25) is 0 Å². The van der Waals surface area contributed by atoms with E-state index in [0.717, 1.165) is 0 Å². The third kappa shape index (κ3) is 3.34. The SMILES string of the molecule is COC(=O)/C(=C/c1ccccc1[N+](=O)[O-])c1cc2c(cc1Br)OCO2. The number of methoxy groups -OCH3 is 1. The van der Waals surface area contributed by atoms with Gasteiger partial charge in [-0.05, 0) is 24.3 Å². The van der Waals surface area contributed by atoms with Crippen molar-refractivity contribution in [2.75, 3.05) is 13.9 Å². The summed E-state index contributed by atoms with van der Waals surface area (Å²) < 4.78 is 16.1. The van der Waals surface area contributed by atoms with Crippen LogP contribution in [0.3, 0.4) is 0 Å². The van der Waals surface area contributed by atoms with Crippen LogP contribution >= 0.6 is 15.9 Å². The molecule has 2 aromatic carbocycles. The predicted molar refractivity (Wildman–Crippen MR) is 93.2 cm³/mol. The molecule has 0 aliphatic carbocycles. The van der Waals surface area contributed by atoms with Crippen molar-refractivity contribution in [3.8, 4) is 11.5 Å². The van der Waals surface area contributed by atoms with Gasteiger partial charge < -0.3 is 14.2 Å². The van der Waals surface area contributed by atoms with Crippen molar-refractivity contribution < 1.29 is 23.9 Å². The maximum absolute atomic E-state index is 12.3. The highest BCUT2D eigenvalue weighted by Crippen LogP contribution is 2.40. The molecular formula is C17H12BrNO6. The summed E-state index contributed by atoms with van der Waals surface area (Å²) >= 11 is 3.39. The summed E-state index contributed by atoms with van der Waals surface area (Å²) in [5, 5.41) is 11.2. The molecule has 3 rings (SSSR count). The minimum absolute atomic E-state index is 0.0899. The number of rotatable bonds is 4. The van der Waals surface area contributed by atoms with Gasteiger partial charge in [0, 0.05) is 16.1 Å². The number of nitrogens with zero attached hydrogens (tertiary/aromatic N) is 1. The highest BCUT2D eigenvalue weighted by Gasteiger charge is 2.23. The number of carbonyl (C=O) groups is 1. The van der Waals surface area contributed by atoms with E-state index >= 15 is 0 Å². The Bertz CT molecular complexity index is 893. The highest BCUT2D eigenvalue weighted by molar-refractivity contribution is 9.10. The number of halogens is 1. The number of carbonyl (C=O) groups excluding carboxylic acids is 1. The van der Waals surface area contributed by atoms with E-state index in [-0.39, 0.29) is 23.6 Å². The van der Waals surface area contributed by atoms with E-state index in [9.17, 15) is 14.9 Å². The van der Waals surface area contributed by atoms with Gasteiger partial charge in [-0.2, -0.15) is 0 Å². The summed E-state index contributed by atoms with van der Waals surface area (Å²) in [6.07, 6.45) is 1.42. The molecule has 1 aliphatic rings. The number of benzene rings is 2. The second-order valence-electron chi connectivity index (χ2n) is 5.05. The standard InChI is InChI=1S/C17H12BrNO6/c1-23-17(20)12(6-10-4-2-3-5-14(10)19(21)22)11-7-15-16(8-13(11)18)25-9-24-15/h2-8H,9H2,1H3/b12-6+. The Hall–Kier alpha value is -2.87. The van der Waals surface area contributed by atoms with E-state index in [1.807, 2.05) is 0 Å². The third-order valence-electron chi connectivity index (χ3n) is 3.59. The summed E-state index contributed by atoms with van der Waals surface area (Å²) in [4.78, 5) is 23.0. The fraction of sp³-hybridized carbons (Fsp3) is 0.118. The molecule has 0 spiro atoms. The summed E-state index contributed by atoms with van der Waals surface area (Å²) in [5.74, 6) is 0.402. The average Bonchev–Trinajstić information content (AvgIpc) is 3.05. The monoisotopic (exact) mass is 405 g/mol. The second kappa shape index (κ2) is 6.94. The van der Waals surface area contributed by atoms with Crippen LogP contribution in [0.5, 0.6) is 11.5 Å². The molecule has 1 aliphatic heterocycles. The number of fused-ring (bicyclic) bond motifs is 1. The van der Waals surface area contributed by atoms with E-state index in [4.69, 9.17) is 14.2 Å². The largest absolute Gasteiger partial charge is 0.465 e. The zero-order valence-corrected chi connectivity index (χ0v) is 14.6. The molecule has 128 valence electrons. The maximum atomic E-state index is 12.3. The Morgan fingerprint density at radius 2 is 1.96 bits per heavy atom. The quantitative estimate of drug-likeness (QED) is 0.252. The van der Waals surface area contributed by atoms with E-state index in [1.54, 1.807) is 30.3 Å². The van der Waals surface area contributed by atoms with Crippen molar-refractivity contribution >= 4 is 39.2 Å². The highest BCUT2D eigenvalue weighted by atomic mass is 79.9. The van der Waals surface area contributed by atoms with Gasteiger partial charge in [-0.25, -0.2) is 4.79 Å². The van der Waals surface area contributed by atoms with Crippen molar-refractivity contribution in [2.24, 2.45) is 0 Å². The number of hydrogen-bond acceptors (Lipinski definition) is 6. The smallest absolute Gasteiger partial charge is 0.338 e. The van der Waals surface area contributed by atoms with E-state index in [1.165, 1.54) is 19.3 Å². The van der Waals surface area contributed by atoms with Crippen LogP contribution in [0, 0.1) is 10.1 Å². The maximum Gasteiger partial charge on any atom is 0.338 e. The van der Waals surface area contributed by atoms with Crippen LogP contribution in [-0.4, -0.2) is 24.8 Å². The number of hydrogen-bond donors (Lipinski definition) is 0. The molecule has 0 unspecified atom stereocenters. The van der Waals surface area contributed by atoms with E-state index in [0.29, 0.717) is 21.5 Å². The molecule has 0 radical (unpaired) electrons. The van der Waals surface area contributed by atoms with Crippen LogP contribution in [0.4, 0.5) is 5.69 Å². The first kappa shape index (κ1) is 17.0. The van der Waals surface area contributed by atoms with Crippen LogP contribution in [-0.2, 0) is 9.53 Å². The molecule has 1 heterocycles. The molecular weight excluding hydrogens is 394 g/mol. The fourth-order valence-electron chi connectivity index (χ4n) is 2.41. The van der Waals surface area contributed by atoms with Gasteiger partial charge in [-0.15, -0.1) is 0 Å². The van der Waals surface area contributed by atoms with Gasteiger partial charge in [-0.3, -0.25) is 10.1 Å². The Morgan fingerprint density at radius 1 is 1.28 bits per heavy atom. The predicted octanol–water partition coefficient (Wildman–Crippen LogP) is 3.80. The summed E-state index contributed by atoms with van der Waals surface area (Å²) in [6.45, 7) is 0.0899.